The second-order valence-corrected chi connectivity index (χ2v) is 7.89. The molecule has 24 heavy (non-hydrogen) atoms. The average Bonchev–Trinajstić information content (AvgIpc) is 3.23. The summed E-state index contributed by atoms with van der Waals surface area (Å²) in [7, 11) is -3.50. The Kier molecular flexibility index (Phi) is 3.48. The summed E-state index contributed by atoms with van der Waals surface area (Å²) in [6.45, 7) is 0.844. The Labute approximate surface area is 139 Å². The van der Waals surface area contributed by atoms with Crippen molar-refractivity contribution in [3.8, 4) is 6.07 Å². The molecule has 4 heterocycles. The monoisotopic (exact) mass is 341 g/mol. The summed E-state index contributed by atoms with van der Waals surface area (Å²) < 4.78 is 25.7. The van der Waals surface area contributed by atoms with Gasteiger partial charge in [0.2, 0.25) is 10.0 Å². The zero-order chi connectivity index (χ0) is 16.7. The molecule has 1 N–H and O–H groups in total. The van der Waals surface area contributed by atoms with E-state index in [0.29, 0.717) is 13.1 Å². The van der Waals surface area contributed by atoms with E-state index >= 15 is 0 Å². The maximum atomic E-state index is 12.1. The van der Waals surface area contributed by atoms with E-state index in [4.69, 9.17) is 5.26 Å². The fraction of sp³-hybridized carbons (Fsp3) is 0.312. The van der Waals surface area contributed by atoms with Gasteiger partial charge < -0.3 is 4.98 Å². The number of pyridine rings is 2. The van der Waals surface area contributed by atoms with E-state index in [9.17, 15) is 8.42 Å². The van der Waals surface area contributed by atoms with Crippen LogP contribution in [0.25, 0.3) is 21.9 Å². The van der Waals surface area contributed by atoms with Crippen molar-refractivity contribution in [2.75, 3.05) is 18.8 Å². The molecule has 3 aromatic heterocycles. The first-order valence-corrected chi connectivity index (χ1v) is 9.26. The zero-order valence-electron chi connectivity index (χ0n) is 12.8. The number of hydrogen-bond acceptors (Lipinski definition) is 5. The first-order chi connectivity index (χ1) is 11.6. The number of sulfonamides is 1. The van der Waals surface area contributed by atoms with Crippen molar-refractivity contribution in [1.29, 1.82) is 5.26 Å². The molecule has 8 heteroatoms. The van der Waals surface area contributed by atoms with Gasteiger partial charge in [-0.05, 0) is 30.0 Å². The highest BCUT2D eigenvalue weighted by Gasteiger charge is 2.33. The third kappa shape index (κ3) is 2.33. The summed E-state index contributed by atoms with van der Waals surface area (Å²) >= 11 is 0. The number of H-pyrrole nitrogens is 1. The first kappa shape index (κ1) is 15.1. The van der Waals surface area contributed by atoms with E-state index in [0.717, 1.165) is 33.9 Å². The molecule has 122 valence electrons. The van der Waals surface area contributed by atoms with Gasteiger partial charge in [0, 0.05) is 36.3 Å². The number of rotatable bonds is 3. The molecule has 0 unspecified atom stereocenters. The third-order valence-corrected chi connectivity index (χ3v) is 6.17. The molecule has 1 saturated heterocycles. The summed E-state index contributed by atoms with van der Waals surface area (Å²) in [6.07, 6.45) is 6.05. The van der Waals surface area contributed by atoms with Crippen LogP contribution in [0, 0.1) is 11.3 Å². The topological polar surface area (TPSA) is 103 Å². The number of hydrogen-bond donors (Lipinski definition) is 1. The van der Waals surface area contributed by atoms with Crippen molar-refractivity contribution in [3.63, 3.8) is 0 Å². The quantitative estimate of drug-likeness (QED) is 0.782. The lowest BCUT2D eigenvalue weighted by Crippen LogP contribution is -2.30. The van der Waals surface area contributed by atoms with Gasteiger partial charge in [-0.25, -0.2) is 17.7 Å². The van der Waals surface area contributed by atoms with Gasteiger partial charge in [-0.1, -0.05) is 0 Å². The Morgan fingerprint density at radius 2 is 2.25 bits per heavy atom. The van der Waals surface area contributed by atoms with Crippen LogP contribution in [0.2, 0.25) is 0 Å². The van der Waals surface area contributed by atoms with Gasteiger partial charge in [0.15, 0.2) is 5.75 Å². The van der Waals surface area contributed by atoms with Gasteiger partial charge in [0.05, 0.1) is 17.8 Å². The van der Waals surface area contributed by atoms with Crippen LogP contribution in [0.4, 0.5) is 0 Å². The van der Waals surface area contributed by atoms with Gasteiger partial charge in [0.1, 0.15) is 5.65 Å². The van der Waals surface area contributed by atoms with E-state index in [-0.39, 0.29) is 5.92 Å². The fourth-order valence-corrected chi connectivity index (χ4v) is 4.56. The molecular weight excluding hydrogens is 326 g/mol. The predicted molar refractivity (Wildman–Crippen MR) is 89.7 cm³/mol. The average molecular weight is 341 g/mol. The summed E-state index contributed by atoms with van der Waals surface area (Å²) in [6, 6.07) is 5.66. The van der Waals surface area contributed by atoms with Crippen LogP contribution in [-0.2, 0) is 10.0 Å². The first-order valence-electron chi connectivity index (χ1n) is 7.65. The van der Waals surface area contributed by atoms with Gasteiger partial charge in [-0.15, -0.1) is 0 Å². The van der Waals surface area contributed by atoms with Crippen LogP contribution in [0.3, 0.4) is 0 Å². The molecule has 0 radical (unpaired) electrons. The Morgan fingerprint density at radius 1 is 1.38 bits per heavy atom. The minimum atomic E-state index is -3.50. The summed E-state index contributed by atoms with van der Waals surface area (Å²) in [5.74, 6) is -0.382. The van der Waals surface area contributed by atoms with Crippen molar-refractivity contribution < 1.29 is 8.42 Å². The number of nitrogens with one attached hydrogen (secondary N) is 1. The predicted octanol–water partition coefficient (Wildman–Crippen LogP) is 1.75. The maximum absolute atomic E-state index is 12.1. The number of aromatic amines is 1. The van der Waals surface area contributed by atoms with Crippen molar-refractivity contribution >= 4 is 32.0 Å². The molecule has 0 saturated carbocycles. The minimum Gasteiger partial charge on any atom is -0.346 e. The lowest BCUT2D eigenvalue weighted by atomic mass is 9.94. The lowest BCUT2D eigenvalue weighted by molar-refractivity contribution is 0.476. The number of nitrogens with zero attached hydrogens (tertiary/aromatic N) is 4. The van der Waals surface area contributed by atoms with E-state index in [1.54, 1.807) is 18.5 Å². The van der Waals surface area contributed by atoms with Crippen LogP contribution in [0.15, 0.2) is 30.7 Å². The van der Waals surface area contributed by atoms with E-state index in [1.165, 1.54) is 4.31 Å². The molecule has 0 aliphatic carbocycles. The normalized spacial score (nSPS) is 19.0. The molecule has 1 fully saturated rings. The molecule has 1 atom stereocenters. The number of nitriles is 1. The van der Waals surface area contributed by atoms with Crippen molar-refractivity contribution in [2.24, 2.45) is 0 Å². The van der Waals surface area contributed by atoms with Crippen LogP contribution in [0.5, 0.6) is 0 Å². The molecule has 3 aromatic rings. The van der Waals surface area contributed by atoms with Gasteiger partial charge >= 0.3 is 0 Å². The maximum Gasteiger partial charge on any atom is 0.227 e. The number of aromatic nitrogens is 3. The highest BCUT2D eigenvalue weighted by atomic mass is 32.2. The molecular formula is C16H15N5O2S. The van der Waals surface area contributed by atoms with Gasteiger partial charge in [-0.2, -0.15) is 5.26 Å². The fourth-order valence-electron chi connectivity index (χ4n) is 3.43. The Morgan fingerprint density at radius 3 is 3.08 bits per heavy atom. The molecule has 4 rings (SSSR count). The smallest absolute Gasteiger partial charge is 0.227 e. The van der Waals surface area contributed by atoms with E-state index < -0.39 is 15.8 Å². The molecule has 0 spiro atoms. The highest BCUT2D eigenvalue weighted by molar-refractivity contribution is 7.89. The molecule has 0 aromatic carbocycles. The van der Waals surface area contributed by atoms with Crippen molar-refractivity contribution in [3.05, 3.63) is 36.3 Å². The molecule has 1 aliphatic rings. The van der Waals surface area contributed by atoms with Gasteiger partial charge in [-0.3, -0.25) is 4.98 Å². The van der Waals surface area contributed by atoms with Crippen LogP contribution in [0.1, 0.15) is 17.9 Å². The van der Waals surface area contributed by atoms with E-state index in [2.05, 4.69) is 15.0 Å². The zero-order valence-corrected chi connectivity index (χ0v) is 13.6. The van der Waals surface area contributed by atoms with Crippen LogP contribution >= 0.6 is 0 Å². The SMILES string of the molecule is N#CCS(=O)(=O)N1CC[C@H](c2ccnc3cnc4[nH]ccc4c23)C1. The minimum absolute atomic E-state index is 0.0875. The second-order valence-electron chi connectivity index (χ2n) is 5.92. The van der Waals surface area contributed by atoms with Crippen LogP contribution < -0.4 is 0 Å². The Balaban J connectivity index is 1.78. The summed E-state index contributed by atoms with van der Waals surface area (Å²) in [5.41, 5.74) is 2.68. The van der Waals surface area contributed by atoms with Crippen LogP contribution in [-0.4, -0.2) is 46.5 Å². The Bertz CT molecular complexity index is 1070. The third-order valence-electron chi connectivity index (χ3n) is 4.55. The van der Waals surface area contributed by atoms with Crippen molar-refractivity contribution in [1.82, 2.24) is 19.3 Å². The lowest BCUT2D eigenvalue weighted by Gasteiger charge is -2.16. The van der Waals surface area contributed by atoms with Gasteiger partial charge in [0.25, 0.3) is 0 Å². The standard InChI is InChI=1S/C16H15N5O2S/c17-4-8-24(22,23)21-7-3-11(10-21)12-1-5-18-14-9-20-16-13(15(12)14)2-6-19-16/h1-2,5-6,9,11H,3,7-8,10H2,(H,19,20)/t11-/m0/s1. The Hall–Kier alpha value is -2.50. The highest BCUT2D eigenvalue weighted by Crippen LogP contribution is 2.35. The molecule has 0 amide bonds. The number of fused-ring (bicyclic) bond motifs is 3. The second kappa shape index (κ2) is 5.54. The largest absolute Gasteiger partial charge is 0.346 e. The summed E-state index contributed by atoms with van der Waals surface area (Å²) in [5, 5.41) is 10.7. The summed E-state index contributed by atoms with van der Waals surface area (Å²) in [4.78, 5) is 11.8. The van der Waals surface area contributed by atoms with E-state index in [1.807, 2.05) is 18.3 Å². The molecule has 1 aliphatic heterocycles. The molecule has 0 bridgehead atoms. The van der Waals surface area contributed by atoms with Crippen molar-refractivity contribution in [2.45, 2.75) is 12.3 Å². The molecule has 7 nitrogen and oxygen atoms in total.